The van der Waals surface area contributed by atoms with Crippen molar-refractivity contribution in [2.75, 3.05) is 13.1 Å². The fraction of sp³-hybridized carbons (Fsp3) is 0.667. The van der Waals surface area contributed by atoms with Gasteiger partial charge in [-0.1, -0.05) is 25.3 Å². The first-order valence-electron chi connectivity index (χ1n) is 10.3. The zero-order chi connectivity index (χ0) is 17.9. The summed E-state index contributed by atoms with van der Waals surface area (Å²) in [5.74, 6) is 0.701. The molecule has 1 aromatic rings. The van der Waals surface area contributed by atoms with Crippen LogP contribution < -0.4 is 5.49 Å². The van der Waals surface area contributed by atoms with E-state index < -0.39 is 0 Å². The molecule has 0 atom stereocenters. The Balaban J connectivity index is 1.45. The van der Waals surface area contributed by atoms with E-state index in [1.165, 1.54) is 19.3 Å². The van der Waals surface area contributed by atoms with Crippen LogP contribution in [0.25, 0.3) is 0 Å². The number of hydrogen-bond acceptors (Lipinski definition) is 3. The van der Waals surface area contributed by atoms with Gasteiger partial charge in [-0.2, -0.15) is 0 Å². The fourth-order valence-corrected chi connectivity index (χ4v) is 4.25. The molecule has 26 heavy (non-hydrogen) atoms. The van der Waals surface area contributed by atoms with Crippen molar-refractivity contribution in [1.82, 2.24) is 9.47 Å². The van der Waals surface area contributed by atoms with Crippen molar-refractivity contribution >= 4 is 11.8 Å². The Morgan fingerprint density at radius 2 is 1.54 bits per heavy atom. The Bertz CT molecular complexity index is 721. The van der Waals surface area contributed by atoms with Crippen LogP contribution in [-0.4, -0.2) is 40.4 Å². The van der Waals surface area contributed by atoms with Gasteiger partial charge in [-0.05, 0) is 50.7 Å². The maximum absolute atomic E-state index is 13.1. The molecule has 0 radical (unpaired) electrons. The van der Waals surface area contributed by atoms with Crippen LogP contribution >= 0.6 is 0 Å². The Hall–Kier alpha value is -1.91. The number of carbonyl (C=O) groups is 2. The number of amides is 1. The Morgan fingerprint density at radius 1 is 0.846 bits per heavy atom. The highest BCUT2D eigenvalue weighted by Crippen LogP contribution is 2.32. The summed E-state index contributed by atoms with van der Waals surface area (Å²) in [5, 5.41) is 0. The van der Waals surface area contributed by atoms with Crippen LogP contribution in [0.4, 0.5) is 0 Å². The predicted octanol–water partition coefficient (Wildman–Crippen LogP) is 3.01. The first-order chi connectivity index (χ1) is 12.7. The Morgan fingerprint density at radius 3 is 2.23 bits per heavy atom. The van der Waals surface area contributed by atoms with Crippen molar-refractivity contribution in [3.05, 3.63) is 29.9 Å². The Labute approximate surface area is 155 Å². The number of likely N-dealkylation sites (tertiary alicyclic amines) is 1. The molecule has 2 aliphatic carbocycles. The normalized spacial score (nSPS) is 23.2. The van der Waals surface area contributed by atoms with Crippen LogP contribution in [-0.2, 0) is 4.79 Å². The molecule has 3 aliphatic rings. The molecule has 1 aliphatic heterocycles. The van der Waals surface area contributed by atoms with Gasteiger partial charge in [-0.25, -0.2) is 0 Å². The lowest BCUT2D eigenvalue weighted by molar-refractivity contribution is -0.133. The number of hydrogen-bond donors (Lipinski definition) is 0. The summed E-state index contributed by atoms with van der Waals surface area (Å²) in [6.07, 6.45) is 11.5. The fourth-order valence-electron chi connectivity index (χ4n) is 4.25. The van der Waals surface area contributed by atoms with Crippen molar-refractivity contribution in [2.45, 2.75) is 63.8 Å². The van der Waals surface area contributed by atoms with Crippen molar-refractivity contribution in [3.8, 4) is 0 Å². The second kappa shape index (κ2) is 7.77. The second-order valence-electron chi connectivity index (χ2n) is 8.06. The summed E-state index contributed by atoms with van der Waals surface area (Å²) in [6.45, 7) is 1.43. The quantitative estimate of drug-likeness (QED) is 0.837. The summed E-state index contributed by atoms with van der Waals surface area (Å²) in [6, 6.07) is 6.17. The lowest BCUT2D eigenvalue weighted by atomic mass is 9.95. The molecule has 0 unspecified atom stereocenters. The van der Waals surface area contributed by atoms with E-state index in [0.717, 1.165) is 44.0 Å². The lowest BCUT2D eigenvalue weighted by Gasteiger charge is -2.31. The molecular formula is C21H29N3O2. The average molecular weight is 355 g/mol. The van der Waals surface area contributed by atoms with Crippen LogP contribution in [0.5, 0.6) is 0 Å². The highest BCUT2D eigenvalue weighted by atomic mass is 16.2. The van der Waals surface area contributed by atoms with Crippen molar-refractivity contribution in [3.63, 3.8) is 0 Å². The molecule has 3 fully saturated rings. The highest BCUT2D eigenvalue weighted by molar-refractivity contribution is 5.83. The van der Waals surface area contributed by atoms with Gasteiger partial charge in [-0.15, -0.1) is 0 Å². The molecule has 0 N–H and O–H groups in total. The summed E-state index contributed by atoms with van der Waals surface area (Å²) < 4.78 is 1.75. The van der Waals surface area contributed by atoms with Crippen LogP contribution in [0.1, 0.15) is 62.6 Å². The van der Waals surface area contributed by atoms with E-state index in [9.17, 15) is 9.59 Å². The van der Waals surface area contributed by atoms with E-state index in [2.05, 4.69) is 0 Å². The highest BCUT2D eigenvalue weighted by Gasteiger charge is 2.36. The number of carbonyl (C=O) groups excluding carboxylic acids is 2. The molecule has 1 saturated heterocycles. The number of piperidine rings is 1. The van der Waals surface area contributed by atoms with Gasteiger partial charge >= 0.3 is 0 Å². The molecule has 1 aromatic heterocycles. The smallest absolute Gasteiger partial charge is 0.235 e. The number of pyridine rings is 1. The molecule has 2 heterocycles. The second-order valence-corrected chi connectivity index (χ2v) is 8.06. The predicted molar refractivity (Wildman–Crippen MR) is 99.5 cm³/mol. The minimum atomic E-state index is -0.00837. The molecule has 2 saturated carbocycles. The summed E-state index contributed by atoms with van der Waals surface area (Å²) in [5.41, 5.74) is 0.792. The van der Waals surface area contributed by atoms with E-state index in [0.29, 0.717) is 25.0 Å². The molecule has 5 nitrogen and oxygen atoms in total. The van der Waals surface area contributed by atoms with Gasteiger partial charge < -0.3 is 4.90 Å². The maximum atomic E-state index is 13.1. The maximum Gasteiger partial charge on any atom is 0.235 e. The third kappa shape index (κ3) is 3.92. The van der Waals surface area contributed by atoms with E-state index in [4.69, 9.17) is 4.99 Å². The zero-order valence-corrected chi connectivity index (χ0v) is 15.5. The van der Waals surface area contributed by atoms with E-state index >= 15 is 0 Å². The monoisotopic (exact) mass is 355 g/mol. The van der Waals surface area contributed by atoms with E-state index in [1.807, 2.05) is 29.3 Å². The van der Waals surface area contributed by atoms with Crippen molar-refractivity contribution in [1.29, 1.82) is 0 Å². The van der Waals surface area contributed by atoms with E-state index in [-0.39, 0.29) is 17.7 Å². The van der Waals surface area contributed by atoms with Gasteiger partial charge in [0, 0.05) is 31.1 Å². The van der Waals surface area contributed by atoms with Crippen LogP contribution in [0, 0.1) is 11.8 Å². The third-order valence-corrected chi connectivity index (χ3v) is 6.05. The van der Waals surface area contributed by atoms with Gasteiger partial charge in [0.05, 0.1) is 6.04 Å². The first kappa shape index (κ1) is 17.5. The molecule has 5 heteroatoms. The third-order valence-electron chi connectivity index (χ3n) is 6.05. The van der Waals surface area contributed by atoms with Crippen molar-refractivity contribution in [2.24, 2.45) is 16.8 Å². The van der Waals surface area contributed by atoms with Gasteiger partial charge in [0.25, 0.3) is 0 Å². The van der Waals surface area contributed by atoms with Crippen LogP contribution in [0.15, 0.2) is 29.4 Å². The minimum absolute atomic E-state index is 0.00837. The average Bonchev–Trinajstić information content (AvgIpc) is 3.54. The van der Waals surface area contributed by atoms with Gasteiger partial charge in [0.15, 0.2) is 0 Å². The summed E-state index contributed by atoms with van der Waals surface area (Å²) in [4.78, 5) is 32.1. The molecule has 0 spiro atoms. The number of nitrogens with zero attached hydrogens (tertiary/aromatic N) is 3. The molecule has 4 rings (SSSR count). The number of rotatable bonds is 3. The SMILES string of the molecule is O=C(C1CC1)N1CCC(C(=O)n2ccccc2=NC2CCCCC2)CC1. The van der Waals surface area contributed by atoms with Gasteiger partial charge in [0.1, 0.15) is 5.49 Å². The zero-order valence-electron chi connectivity index (χ0n) is 15.5. The van der Waals surface area contributed by atoms with Gasteiger partial charge in [-0.3, -0.25) is 19.1 Å². The Kier molecular flexibility index (Phi) is 5.23. The summed E-state index contributed by atoms with van der Waals surface area (Å²) in [7, 11) is 0. The van der Waals surface area contributed by atoms with Crippen LogP contribution in [0.3, 0.4) is 0 Å². The molecule has 0 bridgehead atoms. The standard InChI is InChI=1S/C21H29N3O2/c25-20(16-9-10-16)23-14-11-17(12-15-23)21(26)24-13-5-4-8-19(24)22-18-6-2-1-3-7-18/h4-5,8,13,16-18H,1-3,6-7,9-12,14-15H2. The first-order valence-corrected chi connectivity index (χ1v) is 10.3. The molecule has 0 aromatic carbocycles. The number of aromatic nitrogens is 1. The largest absolute Gasteiger partial charge is 0.342 e. The molecule has 1 amide bonds. The lowest BCUT2D eigenvalue weighted by Crippen LogP contribution is -2.43. The van der Waals surface area contributed by atoms with E-state index in [1.54, 1.807) is 4.57 Å². The van der Waals surface area contributed by atoms with Gasteiger partial charge in [0.2, 0.25) is 11.8 Å². The topological polar surface area (TPSA) is 54.7 Å². The molecule has 140 valence electrons. The van der Waals surface area contributed by atoms with Crippen LogP contribution in [0.2, 0.25) is 0 Å². The van der Waals surface area contributed by atoms with Crippen molar-refractivity contribution < 1.29 is 9.59 Å². The minimum Gasteiger partial charge on any atom is -0.342 e. The summed E-state index contributed by atoms with van der Waals surface area (Å²) >= 11 is 0. The molecular weight excluding hydrogens is 326 g/mol.